The fourth-order valence-corrected chi connectivity index (χ4v) is 460. The molecular weight excluding hydrogens is 1730 g/mol. The minimum Gasteiger partial charge on any atom is -0.389 e. The van der Waals surface area contributed by atoms with Crippen LogP contribution in [0, 0.1) is 0 Å². The highest BCUT2D eigenvalue weighted by molar-refractivity contribution is 7.88. The predicted molar refractivity (Wildman–Crippen MR) is 265 cm³/mol. The third-order valence-corrected chi connectivity index (χ3v) is 315. The molecule has 400 valence electrons. The predicted octanol–water partition coefficient (Wildman–Crippen LogP) is -18.7. The normalized spacial score (nSPS) is 10.1. The van der Waals surface area contributed by atoms with Gasteiger partial charge in [0.25, 0.3) is 0 Å². The van der Waals surface area contributed by atoms with Crippen molar-refractivity contribution in [2.45, 2.75) is 13.1 Å². The van der Waals surface area contributed by atoms with E-state index in [1.165, 1.54) is 0 Å². The van der Waals surface area contributed by atoms with Gasteiger partial charge in [0.1, 0.15) is 0 Å². The first-order valence-corrected chi connectivity index (χ1v) is 113. The molecular formula is C2H8O38Si39. The van der Waals surface area contributed by atoms with Crippen LogP contribution in [0.5, 0.6) is 0 Å². The van der Waals surface area contributed by atoms with Crippen molar-refractivity contribution in [1.82, 2.24) is 0 Å². The van der Waals surface area contributed by atoms with Crippen LogP contribution in [0.4, 0.5) is 0 Å². The fourth-order valence-electron chi connectivity index (χ4n) is 4.10. The second-order valence-electron chi connectivity index (χ2n) is 13.8. The lowest BCUT2D eigenvalue weighted by Crippen LogP contribution is -2.64. The maximum atomic E-state index is 13.4. The average molecular weight is 1740 g/mol. The summed E-state index contributed by atoms with van der Waals surface area (Å²) in [5, 5.41) is 0. The van der Waals surface area contributed by atoms with E-state index in [4.69, 9.17) is 0 Å². The Morgan fingerprint density at radius 2 is 0.253 bits per heavy atom. The topological polar surface area (TPSA) is 649 Å². The van der Waals surface area contributed by atoms with Crippen molar-refractivity contribution < 1.29 is 170 Å². The molecule has 0 bridgehead atoms. The molecule has 0 rings (SSSR count). The third-order valence-electron chi connectivity index (χ3n) is 8.40. The molecule has 0 saturated heterocycles. The van der Waals surface area contributed by atoms with Gasteiger partial charge in [0, 0.05) is 0 Å². The molecule has 0 spiro atoms. The first-order chi connectivity index (χ1) is 35.9. The molecule has 0 aromatic carbocycles. The van der Waals surface area contributed by atoms with E-state index in [1.54, 1.807) is 0 Å². The minimum absolute atomic E-state index is 0.680. The quantitative estimate of drug-likeness (QED) is 0.0518. The monoisotopic (exact) mass is 1730 g/mol. The molecule has 0 aromatic rings. The fraction of sp³-hybridized carbons (Fsp3) is 1.00. The molecule has 0 atom stereocenters. The highest BCUT2D eigenvalue weighted by Gasteiger charge is 2.61. The van der Waals surface area contributed by atoms with Gasteiger partial charge in [0.15, 0.2) is 7.11 Å². The van der Waals surface area contributed by atoms with Gasteiger partial charge in [-0.15, -0.1) is 0 Å². The lowest BCUT2D eigenvalue weighted by molar-refractivity contribution is 0.532. The molecule has 0 fully saturated rings. The Morgan fingerprint density at radius 1 is 0.165 bits per heavy atom. The van der Waals surface area contributed by atoms with Crippen LogP contribution in [0.15, 0.2) is 0 Å². The molecule has 0 aliphatic heterocycles. The van der Waals surface area contributed by atoms with Crippen molar-refractivity contribution >= 4 is 303 Å². The summed E-state index contributed by atoms with van der Waals surface area (Å²) in [6.45, 7) is 1.36. The van der Waals surface area contributed by atoms with Gasteiger partial charge in [-0.3, -0.25) is 0 Å². The largest absolute Gasteiger partial charge is 0.389 e. The number of hydrogen-bond donors (Lipinski definition) is 0. The van der Waals surface area contributed by atoms with E-state index in [0.29, 0.717) is 13.1 Å². The molecule has 79 heavy (non-hydrogen) atoms. The van der Waals surface area contributed by atoms with Gasteiger partial charge in [-0.05, 0) is 0 Å². The molecule has 0 aromatic heterocycles. The number of rotatable bonds is 38. The van der Waals surface area contributed by atoms with Crippen molar-refractivity contribution in [2.24, 2.45) is 0 Å². The molecule has 0 saturated carbocycles. The van der Waals surface area contributed by atoms with Crippen LogP contribution in [0.2, 0.25) is 13.1 Å². The van der Waals surface area contributed by atoms with Crippen molar-refractivity contribution in [3.05, 3.63) is 0 Å². The zero-order valence-electron chi connectivity index (χ0n) is 37.2. The van der Waals surface area contributed by atoms with Crippen LogP contribution in [-0.4, -0.2) is 303 Å². The summed E-state index contributed by atoms with van der Waals surface area (Å²) in [5.74, 6) is 0. The molecule has 38 nitrogen and oxygen atoms in total. The van der Waals surface area contributed by atoms with Gasteiger partial charge in [-0.1, -0.05) is 13.1 Å². The molecule has 0 amide bonds. The lowest BCUT2D eigenvalue weighted by Gasteiger charge is -2.12. The molecule has 0 N–H and O–H groups in total. The first kappa shape index (κ1) is 79.9. The van der Waals surface area contributed by atoms with Crippen LogP contribution in [0.3, 0.4) is 0 Å². The summed E-state index contributed by atoms with van der Waals surface area (Å²) in [6, 6.07) is 0. The molecule has 0 aliphatic carbocycles. The second-order valence-corrected chi connectivity index (χ2v) is 205. The van der Waals surface area contributed by atoms with Crippen LogP contribution >= 0.6 is 0 Å². The molecule has 0 heterocycles. The van der Waals surface area contributed by atoms with Crippen molar-refractivity contribution in [2.75, 3.05) is 0 Å². The van der Waals surface area contributed by atoms with E-state index >= 15 is 0 Å². The van der Waals surface area contributed by atoms with E-state index in [2.05, 4.69) is 0 Å². The zero-order chi connectivity index (χ0) is 62.7. The SMILES string of the molecule is C[Si](C)([Si](=O)[Si](=O)[Si](=O)[Si](=O)[Si](=O)[Si](=O)[Si](=O)[Si](=O)[Si](=O)[Si](=O)[Si](=O)[Si](=O)[Si](=O)[Si](=O)[Si](=O)[Si](=O)[Si](=O)[Si](=O)[SiH]=O)[Si](=O)[Si](=O)[Si](=O)[Si](=O)[Si](=O)[Si](=O)[Si](=O)[Si](=O)[Si](=O)[Si](=O)[Si](=O)[Si](=O)[Si](=O)[Si](=O)[Si](=O)[Si](=O)[Si](=O)[Si](=O)[SiH]=O. The van der Waals surface area contributed by atoms with Gasteiger partial charge >= 0.3 is 296 Å². The Balaban J connectivity index is 6.08. The van der Waals surface area contributed by atoms with E-state index < -0.39 is 303 Å². The summed E-state index contributed by atoms with van der Waals surface area (Å²) in [5.41, 5.74) is 0. The van der Waals surface area contributed by atoms with Crippen molar-refractivity contribution in [1.29, 1.82) is 0 Å². The van der Waals surface area contributed by atoms with Crippen LogP contribution in [-0.2, 0) is 170 Å². The smallest absolute Gasteiger partial charge is 0.381 e. The first-order valence-electron chi connectivity index (χ1n) is 18.4. The highest BCUT2D eigenvalue weighted by atomic mass is 30.2. The van der Waals surface area contributed by atoms with E-state index in [0.717, 1.165) is 0 Å². The standard InChI is InChI=1S/C2H8O38Si39/c1-79(2,77(39)75(37)73(35)71(33)69(31)67(29)65(27)63(25)61(23)59(21)57(19)55(17)53(15)51(13)49(11)47(9)45(7)43(5)41-3)78(40)76(38)74(36)72(34)70(32)68(30)66(28)64(26)62(24)60(22)58(20)56(18)54(16)52(14)50(12)48(10)46(8)44(6)42-4/h41-42H,1-2H3. The second kappa shape index (κ2) is 35.0. The molecule has 0 aliphatic rings. The maximum Gasteiger partial charge on any atom is 0.381 e. The van der Waals surface area contributed by atoms with Gasteiger partial charge < -0.3 is 170 Å². The number of hydrogen-bond acceptors (Lipinski definition) is 38. The summed E-state index contributed by atoms with van der Waals surface area (Å²) in [7, 11) is -170. The van der Waals surface area contributed by atoms with Crippen molar-refractivity contribution in [3.63, 3.8) is 0 Å². The minimum atomic E-state index is -4.71. The summed E-state index contributed by atoms with van der Waals surface area (Å²) < 4.78 is 475. The van der Waals surface area contributed by atoms with E-state index in [9.17, 15) is 170 Å². The van der Waals surface area contributed by atoms with Gasteiger partial charge in [0.2, 0.25) is 0 Å². The molecule has 0 unspecified atom stereocenters. The van der Waals surface area contributed by atoms with Gasteiger partial charge in [-0.25, -0.2) is 0 Å². The molecule has 77 heteroatoms. The van der Waals surface area contributed by atoms with E-state index in [1.807, 2.05) is 0 Å². The Hall–Kier alpha value is 0.858. The summed E-state index contributed by atoms with van der Waals surface area (Å²) in [4.78, 5) is 0. The highest BCUT2D eigenvalue weighted by Crippen LogP contribution is 2.05. The Bertz CT molecular complexity index is 3280. The Morgan fingerprint density at radius 3 is 0.354 bits per heavy atom. The average Bonchev–Trinajstić information content (AvgIpc) is 3.45. The lowest BCUT2D eigenvalue weighted by atomic mass is 11.9. The Labute approximate surface area is 479 Å². The van der Waals surface area contributed by atoms with E-state index in [-0.39, 0.29) is 0 Å². The van der Waals surface area contributed by atoms with Crippen LogP contribution in [0.1, 0.15) is 0 Å². The van der Waals surface area contributed by atoms with Gasteiger partial charge in [-0.2, -0.15) is 0 Å². The van der Waals surface area contributed by atoms with Crippen molar-refractivity contribution in [3.8, 4) is 0 Å². The van der Waals surface area contributed by atoms with Crippen LogP contribution in [0.25, 0.3) is 0 Å². The maximum absolute atomic E-state index is 13.4. The van der Waals surface area contributed by atoms with Gasteiger partial charge in [0.05, 0.1) is 0 Å². The zero-order valence-corrected chi connectivity index (χ0v) is 76.5. The van der Waals surface area contributed by atoms with Crippen LogP contribution < -0.4 is 0 Å². The summed E-state index contributed by atoms with van der Waals surface area (Å²) >= 11 is 0. The molecule has 0 radical (unpaired) electrons. The summed E-state index contributed by atoms with van der Waals surface area (Å²) in [6.07, 6.45) is 0. The Kier molecular flexibility index (Phi) is 35.4. The third kappa shape index (κ3) is 19.9.